The van der Waals surface area contributed by atoms with Crippen LogP contribution in [0.5, 0.6) is 0 Å². The molecule has 0 fully saturated rings. The Balaban J connectivity index is 2.71. The van der Waals surface area contributed by atoms with Gasteiger partial charge in [0.2, 0.25) is 0 Å². The molecule has 0 bridgehead atoms. The first-order chi connectivity index (χ1) is 6.59. The molecule has 0 saturated carbocycles. The van der Waals surface area contributed by atoms with Crippen molar-refractivity contribution in [3.63, 3.8) is 0 Å². The van der Waals surface area contributed by atoms with Crippen molar-refractivity contribution in [3.8, 4) is 0 Å². The highest BCUT2D eigenvalue weighted by Crippen LogP contribution is 2.30. The van der Waals surface area contributed by atoms with Crippen LogP contribution in [-0.2, 0) is 0 Å². The van der Waals surface area contributed by atoms with E-state index in [1.165, 1.54) is 0 Å². The van der Waals surface area contributed by atoms with E-state index >= 15 is 0 Å². The van der Waals surface area contributed by atoms with Crippen molar-refractivity contribution in [2.24, 2.45) is 5.73 Å². The molecule has 0 unspecified atom stereocenters. The molecule has 1 atom stereocenters. The molecule has 0 aliphatic rings. The Kier molecular flexibility index (Phi) is 2.51. The summed E-state index contributed by atoms with van der Waals surface area (Å²) in [6.45, 7) is 1.88. The first-order valence-electron chi connectivity index (χ1n) is 4.19. The molecule has 14 heavy (non-hydrogen) atoms. The van der Waals surface area contributed by atoms with Crippen molar-refractivity contribution in [2.75, 3.05) is 0 Å². The van der Waals surface area contributed by atoms with Crippen LogP contribution in [0.1, 0.15) is 18.8 Å². The fraction of sp³-hybridized carbons (Fsp3) is 0.222. The quantitative estimate of drug-likeness (QED) is 0.840. The first-order valence-corrected chi connectivity index (χ1v) is 5.36. The number of rotatable bonds is 1. The highest BCUT2D eigenvalue weighted by atomic mass is 79.9. The van der Waals surface area contributed by atoms with E-state index < -0.39 is 0 Å². The zero-order valence-corrected chi connectivity index (χ0v) is 9.85. The highest BCUT2D eigenvalue weighted by Gasteiger charge is 2.10. The molecule has 5 heteroatoms. The number of halogens is 2. The lowest BCUT2D eigenvalue weighted by atomic mass is 10.3. The molecule has 74 valence electrons. The van der Waals surface area contributed by atoms with Gasteiger partial charge in [-0.1, -0.05) is 11.6 Å². The van der Waals surface area contributed by atoms with Crippen LogP contribution in [0.25, 0.3) is 11.0 Å². The molecule has 0 aliphatic heterocycles. The van der Waals surface area contributed by atoms with Crippen molar-refractivity contribution < 1.29 is 0 Å². The van der Waals surface area contributed by atoms with Crippen molar-refractivity contribution in [3.05, 3.63) is 27.5 Å². The van der Waals surface area contributed by atoms with Crippen molar-refractivity contribution in [1.29, 1.82) is 0 Å². The summed E-state index contributed by atoms with van der Waals surface area (Å²) < 4.78 is 0.842. The third kappa shape index (κ3) is 1.54. The number of fused-ring (bicyclic) bond motifs is 1. The lowest BCUT2D eigenvalue weighted by Crippen LogP contribution is -2.06. The average Bonchev–Trinajstić information content (AvgIpc) is 2.56. The van der Waals surface area contributed by atoms with Gasteiger partial charge >= 0.3 is 0 Å². The molecule has 0 amide bonds. The maximum atomic E-state index is 6.07. The number of aromatic amines is 1. The van der Waals surface area contributed by atoms with E-state index in [4.69, 9.17) is 17.3 Å². The van der Waals surface area contributed by atoms with Gasteiger partial charge in [-0.25, -0.2) is 4.98 Å². The Bertz CT molecular complexity index is 478. The normalized spacial score (nSPS) is 13.4. The maximum absolute atomic E-state index is 6.07. The number of benzene rings is 1. The average molecular weight is 275 g/mol. The number of nitrogens with zero attached hydrogens (tertiary/aromatic N) is 1. The number of nitrogens with two attached hydrogens (primary N) is 1. The van der Waals surface area contributed by atoms with Gasteiger partial charge < -0.3 is 10.7 Å². The lowest BCUT2D eigenvalue weighted by molar-refractivity contribution is 0.760. The van der Waals surface area contributed by atoms with E-state index in [9.17, 15) is 0 Å². The number of nitrogens with one attached hydrogen (secondary N) is 1. The minimum Gasteiger partial charge on any atom is -0.341 e. The molecular formula is C9H9BrClN3. The summed E-state index contributed by atoms with van der Waals surface area (Å²) >= 11 is 9.42. The smallest absolute Gasteiger partial charge is 0.124 e. The molecule has 2 rings (SSSR count). The first kappa shape index (κ1) is 9.96. The summed E-state index contributed by atoms with van der Waals surface area (Å²) in [5.41, 5.74) is 7.38. The fourth-order valence-electron chi connectivity index (χ4n) is 1.25. The molecule has 1 aromatic carbocycles. The highest BCUT2D eigenvalue weighted by molar-refractivity contribution is 9.10. The van der Waals surface area contributed by atoms with Gasteiger partial charge in [-0.05, 0) is 35.0 Å². The number of H-pyrrole nitrogens is 1. The predicted octanol–water partition coefficient (Wildman–Crippen LogP) is 3.00. The Morgan fingerprint density at radius 2 is 2.29 bits per heavy atom. The van der Waals surface area contributed by atoms with Crippen LogP contribution in [-0.4, -0.2) is 9.97 Å². The van der Waals surface area contributed by atoms with Gasteiger partial charge in [0.25, 0.3) is 0 Å². The van der Waals surface area contributed by atoms with Crippen LogP contribution in [0.3, 0.4) is 0 Å². The van der Waals surface area contributed by atoms with Crippen LogP contribution in [0.4, 0.5) is 0 Å². The molecule has 1 aromatic heterocycles. The van der Waals surface area contributed by atoms with Crippen molar-refractivity contribution in [1.82, 2.24) is 9.97 Å². The topological polar surface area (TPSA) is 54.7 Å². The summed E-state index contributed by atoms with van der Waals surface area (Å²) in [5.74, 6) is 0.750. The van der Waals surface area contributed by atoms with Gasteiger partial charge in [0.1, 0.15) is 11.3 Å². The van der Waals surface area contributed by atoms with Crippen LogP contribution in [0.15, 0.2) is 16.6 Å². The molecule has 3 nitrogen and oxygen atoms in total. The SMILES string of the molecule is C[C@H](N)c1nc2c(Cl)c(Br)ccc2[nH]1. The second kappa shape index (κ2) is 3.53. The standard InChI is InChI=1S/C9H9BrClN3/c1-4(12)9-13-6-3-2-5(10)7(11)8(6)14-9/h2-4H,12H2,1H3,(H,13,14)/t4-/m0/s1. The zero-order chi connectivity index (χ0) is 10.3. The molecular weight excluding hydrogens is 265 g/mol. The van der Waals surface area contributed by atoms with E-state index in [-0.39, 0.29) is 6.04 Å². The molecule has 0 radical (unpaired) electrons. The maximum Gasteiger partial charge on any atom is 0.124 e. The van der Waals surface area contributed by atoms with Gasteiger partial charge in [-0.2, -0.15) is 0 Å². The summed E-state index contributed by atoms with van der Waals surface area (Å²) in [5, 5.41) is 0.616. The number of imidazole rings is 1. The van der Waals surface area contributed by atoms with Gasteiger partial charge in [0, 0.05) is 4.47 Å². The van der Waals surface area contributed by atoms with E-state index in [0.717, 1.165) is 21.3 Å². The predicted molar refractivity (Wildman–Crippen MR) is 61.4 cm³/mol. The molecule has 0 saturated heterocycles. The van der Waals surface area contributed by atoms with Crippen LogP contribution >= 0.6 is 27.5 Å². The number of hydrogen-bond donors (Lipinski definition) is 2. The molecule has 0 spiro atoms. The molecule has 3 N–H and O–H groups in total. The minimum absolute atomic E-state index is 0.114. The monoisotopic (exact) mass is 273 g/mol. The fourth-order valence-corrected chi connectivity index (χ4v) is 1.78. The summed E-state index contributed by atoms with van der Waals surface area (Å²) in [6.07, 6.45) is 0. The zero-order valence-electron chi connectivity index (χ0n) is 7.51. The van der Waals surface area contributed by atoms with E-state index in [2.05, 4.69) is 25.9 Å². The van der Waals surface area contributed by atoms with Gasteiger partial charge in [0.05, 0.1) is 16.6 Å². The Hall–Kier alpha value is -0.580. The second-order valence-electron chi connectivity index (χ2n) is 3.17. The molecule has 0 aliphatic carbocycles. The van der Waals surface area contributed by atoms with Gasteiger partial charge in [-0.3, -0.25) is 0 Å². The van der Waals surface area contributed by atoms with E-state index in [1.54, 1.807) is 0 Å². The Labute approximate surface area is 94.8 Å². The van der Waals surface area contributed by atoms with E-state index in [1.807, 2.05) is 19.1 Å². The third-order valence-corrected chi connectivity index (χ3v) is 3.27. The van der Waals surface area contributed by atoms with Gasteiger partial charge in [0.15, 0.2) is 0 Å². The lowest BCUT2D eigenvalue weighted by Gasteiger charge is -1.96. The van der Waals surface area contributed by atoms with Crippen molar-refractivity contribution in [2.45, 2.75) is 13.0 Å². The summed E-state index contributed by atoms with van der Waals surface area (Å²) in [4.78, 5) is 7.45. The Morgan fingerprint density at radius 3 is 2.93 bits per heavy atom. The van der Waals surface area contributed by atoms with Crippen molar-refractivity contribution >= 4 is 38.6 Å². The van der Waals surface area contributed by atoms with Crippen LogP contribution in [0, 0.1) is 0 Å². The number of aromatic nitrogens is 2. The van der Waals surface area contributed by atoms with Crippen LogP contribution in [0.2, 0.25) is 5.02 Å². The molecule has 2 aromatic rings. The number of hydrogen-bond acceptors (Lipinski definition) is 2. The third-order valence-electron chi connectivity index (χ3n) is 2.00. The summed E-state index contributed by atoms with van der Waals surface area (Å²) in [6, 6.07) is 3.69. The van der Waals surface area contributed by atoms with Gasteiger partial charge in [-0.15, -0.1) is 0 Å². The second-order valence-corrected chi connectivity index (χ2v) is 4.40. The van der Waals surface area contributed by atoms with E-state index in [0.29, 0.717) is 5.02 Å². The summed E-state index contributed by atoms with van der Waals surface area (Å²) in [7, 11) is 0. The molecule has 1 heterocycles. The minimum atomic E-state index is -0.114. The largest absolute Gasteiger partial charge is 0.341 e. The van der Waals surface area contributed by atoms with Crippen LogP contribution < -0.4 is 5.73 Å². The Morgan fingerprint density at radius 1 is 1.57 bits per heavy atom.